The summed E-state index contributed by atoms with van der Waals surface area (Å²) in [4.78, 5) is 14.7. The number of fused-ring (bicyclic) bond motifs is 1. The first-order valence-corrected chi connectivity index (χ1v) is 11.4. The van der Waals surface area contributed by atoms with E-state index in [0.29, 0.717) is 13.0 Å². The minimum absolute atomic E-state index is 0.0490. The van der Waals surface area contributed by atoms with Gasteiger partial charge in [-0.05, 0) is 36.4 Å². The van der Waals surface area contributed by atoms with E-state index in [1.54, 1.807) is 4.90 Å². The van der Waals surface area contributed by atoms with Gasteiger partial charge in [-0.15, -0.1) is 0 Å². The van der Waals surface area contributed by atoms with Gasteiger partial charge < -0.3 is 9.47 Å². The Balaban J connectivity index is 1.41. The molecule has 2 atom stereocenters. The van der Waals surface area contributed by atoms with Gasteiger partial charge in [-0.3, -0.25) is 4.79 Å². The summed E-state index contributed by atoms with van der Waals surface area (Å²) in [6.07, 6.45) is 2.37. The smallest absolute Gasteiger partial charge is 0.245 e. The molecule has 0 spiro atoms. The number of carbonyl (C=O) groups is 1. The average Bonchev–Trinajstić information content (AvgIpc) is 3.40. The van der Waals surface area contributed by atoms with Crippen molar-refractivity contribution in [3.05, 3.63) is 72.4 Å². The van der Waals surface area contributed by atoms with E-state index in [9.17, 15) is 13.2 Å². The van der Waals surface area contributed by atoms with Crippen LogP contribution in [0.3, 0.4) is 0 Å². The predicted octanol–water partition coefficient (Wildman–Crippen LogP) is 2.92. The Labute approximate surface area is 171 Å². The van der Waals surface area contributed by atoms with Crippen LogP contribution in [-0.2, 0) is 21.4 Å². The molecule has 1 aromatic heterocycles. The fourth-order valence-electron chi connectivity index (χ4n) is 3.90. The first kappa shape index (κ1) is 19.7. The number of hydrogen-bond donors (Lipinski definition) is 1. The molecule has 29 heavy (non-hydrogen) atoms. The SMILES string of the molecule is CC(C(=O)N1CCC(S(=O)(=O)NCc2ccccc2)C1)n1ccc2ccccc21. The van der Waals surface area contributed by atoms with Crippen LogP contribution in [0.15, 0.2) is 66.9 Å². The lowest BCUT2D eigenvalue weighted by atomic mass is 10.2. The molecule has 2 aromatic carbocycles. The zero-order valence-corrected chi connectivity index (χ0v) is 17.2. The second-order valence-electron chi connectivity index (χ2n) is 7.50. The molecule has 3 aromatic rings. The third kappa shape index (κ3) is 4.06. The number of hydrogen-bond acceptors (Lipinski definition) is 3. The first-order chi connectivity index (χ1) is 14.0. The molecule has 4 rings (SSSR count). The fraction of sp³-hybridized carbons (Fsp3) is 0.318. The van der Waals surface area contributed by atoms with Crippen LogP contribution in [0.25, 0.3) is 10.9 Å². The van der Waals surface area contributed by atoms with Crippen molar-refractivity contribution in [1.82, 2.24) is 14.2 Å². The molecule has 2 unspecified atom stereocenters. The number of nitrogens with zero attached hydrogens (tertiary/aromatic N) is 2. The summed E-state index contributed by atoms with van der Waals surface area (Å²) in [5.41, 5.74) is 1.91. The maximum atomic E-state index is 13.0. The summed E-state index contributed by atoms with van der Waals surface area (Å²) >= 11 is 0. The highest BCUT2D eigenvalue weighted by Crippen LogP contribution is 2.24. The third-order valence-corrected chi connectivity index (χ3v) is 7.43. The zero-order valence-electron chi connectivity index (χ0n) is 16.4. The largest absolute Gasteiger partial charge is 0.340 e. The summed E-state index contributed by atoms with van der Waals surface area (Å²) in [7, 11) is -3.49. The molecule has 1 amide bonds. The van der Waals surface area contributed by atoms with Gasteiger partial charge in [0, 0.05) is 31.3 Å². The molecule has 7 heteroatoms. The van der Waals surface area contributed by atoms with Gasteiger partial charge in [-0.25, -0.2) is 13.1 Å². The fourth-order valence-corrected chi connectivity index (χ4v) is 5.30. The van der Waals surface area contributed by atoms with Crippen molar-refractivity contribution in [2.75, 3.05) is 13.1 Å². The van der Waals surface area contributed by atoms with Gasteiger partial charge in [-0.2, -0.15) is 0 Å². The lowest BCUT2D eigenvalue weighted by Crippen LogP contribution is -2.39. The van der Waals surface area contributed by atoms with Gasteiger partial charge in [0.05, 0.1) is 5.25 Å². The Morgan fingerprint density at radius 1 is 1.10 bits per heavy atom. The number of carbonyl (C=O) groups excluding carboxylic acids is 1. The van der Waals surface area contributed by atoms with Gasteiger partial charge in [0.2, 0.25) is 15.9 Å². The van der Waals surface area contributed by atoms with E-state index in [-0.39, 0.29) is 25.0 Å². The molecule has 0 radical (unpaired) electrons. The average molecular weight is 412 g/mol. The number of rotatable bonds is 6. The Morgan fingerprint density at radius 2 is 1.83 bits per heavy atom. The highest BCUT2D eigenvalue weighted by atomic mass is 32.2. The molecule has 6 nitrogen and oxygen atoms in total. The Kier molecular flexibility index (Phi) is 5.43. The van der Waals surface area contributed by atoms with Crippen LogP contribution < -0.4 is 4.72 Å². The number of para-hydroxylation sites is 1. The Hall–Kier alpha value is -2.64. The highest BCUT2D eigenvalue weighted by Gasteiger charge is 2.36. The molecule has 0 saturated carbocycles. The van der Waals surface area contributed by atoms with E-state index in [2.05, 4.69) is 4.72 Å². The Morgan fingerprint density at radius 3 is 2.62 bits per heavy atom. The van der Waals surface area contributed by atoms with E-state index in [1.807, 2.05) is 78.4 Å². The predicted molar refractivity (Wildman–Crippen MR) is 114 cm³/mol. The van der Waals surface area contributed by atoms with E-state index in [4.69, 9.17) is 0 Å². The van der Waals surface area contributed by atoms with E-state index in [0.717, 1.165) is 16.5 Å². The minimum atomic E-state index is -3.49. The Bertz CT molecular complexity index is 1110. The van der Waals surface area contributed by atoms with E-state index in [1.165, 1.54) is 0 Å². The number of aromatic nitrogens is 1. The van der Waals surface area contributed by atoms with Crippen LogP contribution in [0, 0.1) is 0 Å². The maximum absolute atomic E-state index is 13.0. The number of nitrogens with one attached hydrogen (secondary N) is 1. The monoisotopic (exact) mass is 411 g/mol. The number of benzene rings is 2. The van der Waals surface area contributed by atoms with Gasteiger partial charge in [0.15, 0.2) is 0 Å². The molecule has 2 heterocycles. The van der Waals surface area contributed by atoms with Crippen LogP contribution in [0.4, 0.5) is 0 Å². The number of sulfonamides is 1. The van der Waals surface area contributed by atoms with Crippen molar-refractivity contribution in [2.24, 2.45) is 0 Å². The second kappa shape index (κ2) is 8.00. The van der Waals surface area contributed by atoms with E-state index >= 15 is 0 Å². The second-order valence-corrected chi connectivity index (χ2v) is 9.55. The zero-order chi connectivity index (χ0) is 20.4. The van der Waals surface area contributed by atoms with Crippen molar-refractivity contribution >= 4 is 26.8 Å². The van der Waals surface area contributed by atoms with Gasteiger partial charge in [0.25, 0.3) is 0 Å². The molecule has 0 bridgehead atoms. The molecule has 0 aliphatic carbocycles. The quantitative estimate of drug-likeness (QED) is 0.678. The topological polar surface area (TPSA) is 71.4 Å². The van der Waals surface area contributed by atoms with Crippen LogP contribution in [0.1, 0.15) is 24.9 Å². The summed E-state index contributed by atoms with van der Waals surface area (Å²) in [6, 6.07) is 19.0. The van der Waals surface area contributed by atoms with Crippen molar-refractivity contribution in [1.29, 1.82) is 0 Å². The summed E-state index contributed by atoms with van der Waals surface area (Å²) in [5, 5.41) is 0.503. The third-order valence-electron chi connectivity index (χ3n) is 5.62. The minimum Gasteiger partial charge on any atom is -0.340 e. The van der Waals surface area contributed by atoms with Crippen molar-refractivity contribution in [3.8, 4) is 0 Å². The van der Waals surface area contributed by atoms with Crippen LogP contribution in [0.2, 0.25) is 0 Å². The lowest BCUT2D eigenvalue weighted by Gasteiger charge is -2.23. The molecule has 1 N–H and O–H groups in total. The van der Waals surface area contributed by atoms with Crippen LogP contribution in [-0.4, -0.2) is 42.1 Å². The molecule has 1 saturated heterocycles. The van der Waals surface area contributed by atoms with Crippen molar-refractivity contribution < 1.29 is 13.2 Å². The lowest BCUT2D eigenvalue weighted by molar-refractivity contribution is -0.133. The van der Waals surface area contributed by atoms with Crippen molar-refractivity contribution in [3.63, 3.8) is 0 Å². The molecule has 152 valence electrons. The highest BCUT2D eigenvalue weighted by molar-refractivity contribution is 7.90. The summed E-state index contributed by atoms with van der Waals surface area (Å²) in [6.45, 7) is 2.81. The van der Waals surface area contributed by atoms with Crippen LogP contribution in [0.5, 0.6) is 0 Å². The molecule has 1 fully saturated rings. The normalized spacial score (nSPS) is 18.2. The maximum Gasteiger partial charge on any atom is 0.245 e. The molecule has 1 aliphatic heterocycles. The molecular weight excluding hydrogens is 386 g/mol. The van der Waals surface area contributed by atoms with Crippen molar-refractivity contribution in [2.45, 2.75) is 31.2 Å². The summed E-state index contributed by atoms with van der Waals surface area (Å²) < 4.78 is 30.0. The first-order valence-electron chi connectivity index (χ1n) is 9.82. The number of amides is 1. The molecule has 1 aliphatic rings. The number of likely N-dealkylation sites (tertiary alicyclic amines) is 1. The van der Waals surface area contributed by atoms with Gasteiger partial charge >= 0.3 is 0 Å². The van der Waals surface area contributed by atoms with E-state index < -0.39 is 15.3 Å². The van der Waals surface area contributed by atoms with Gasteiger partial charge in [0.1, 0.15) is 6.04 Å². The van der Waals surface area contributed by atoms with Crippen LogP contribution >= 0.6 is 0 Å². The molecular formula is C22H25N3O3S. The standard InChI is InChI=1S/C22H25N3O3S/c1-17(25-14-11-19-9-5-6-10-21(19)25)22(26)24-13-12-20(16-24)29(27,28)23-15-18-7-3-2-4-8-18/h2-11,14,17,20,23H,12-13,15-16H2,1H3. The summed E-state index contributed by atoms with van der Waals surface area (Å²) in [5.74, 6) is -0.0490. The van der Waals surface area contributed by atoms with Gasteiger partial charge in [-0.1, -0.05) is 48.5 Å².